The lowest BCUT2D eigenvalue weighted by Gasteiger charge is -2.17. The molecule has 40 heavy (non-hydrogen) atoms. The lowest BCUT2D eigenvalue weighted by molar-refractivity contribution is -0.120. The number of para-hydroxylation sites is 1. The van der Waals surface area contributed by atoms with Crippen LogP contribution in [0.25, 0.3) is 11.1 Å². The molecule has 0 bridgehead atoms. The zero-order chi connectivity index (χ0) is 28.6. The minimum Gasteiger partial charge on any atom is -0.492 e. The van der Waals surface area contributed by atoms with Crippen LogP contribution in [0.5, 0.6) is 11.5 Å². The number of nitrogens with two attached hydrogens (primary N) is 4. The van der Waals surface area contributed by atoms with Gasteiger partial charge in [-0.3, -0.25) is 15.1 Å². The molecule has 1 heterocycles. The summed E-state index contributed by atoms with van der Waals surface area (Å²) in [5, 5.41) is 6.85. The molecule has 0 atom stereocenters. The smallest absolute Gasteiger partial charge is 0.221 e. The van der Waals surface area contributed by atoms with Crippen molar-refractivity contribution in [1.29, 1.82) is 0 Å². The summed E-state index contributed by atoms with van der Waals surface area (Å²) in [5.74, 6) is 1.98. The standard InChI is InChI=1S/C27H36N8O3S2/c28-26(29)33-12-14-37-22-6-2-1-5-20(22)21-17-19(8-9-23(21)38-15-13-34-27(30)31)18-35-24(36)10-16-39-40-25-7-3-4-11-32-25/h1-9,11,17,27,34H,10,12-16,18,30-31H2,(H,35,36)(H4,28,29,33). The minimum atomic E-state index is -0.625. The van der Waals surface area contributed by atoms with Crippen LogP contribution in [0, 0.1) is 0 Å². The Morgan fingerprint density at radius 1 is 0.975 bits per heavy atom. The summed E-state index contributed by atoms with van der Waals surface area (Å²) in [6, 6.07) is 19.2. The molecular formula is C27H36N8O3S2. The van der Waals surface area contributed by atoms with Gasteiger partial charge in [-0.05, 0) is 46.7 Å². The molecular weight excluding hydrogens is 548 g/mol. The van der Waals surface area contributed by atoms with Gasteiger partial charge in [-0.15, -0.1) is 0 Å². The number of guanidine groups is 1. The summed E-state index contributed by atoms with van der Waals surface area (Å²) in [4.78, 5) is 20.7. The summed E-state index contributed by atoms with van der Waals surface area (Å²) in [6.45, 7) is 1.84. The summed E-state index contributed by atoms with van der Waals surface area (Å²) in [6.07, 6.45) is 1.53. The SMILES string of the molecule is NC(N)=NCCOc1ccccc1-c1cc(CNC(=O)CCSSc2ccccn2)ccc1OCCNC(N)N. The number of carbonyl (C=O) groups excluding carboxylic acids is 1. The third-order valence-corrected chi connectivity index (χ3v) is 7.56. The first-order valence-electron chi connectivity index (χ1n) is 12.7. The van der Waals surface area contributed by atoms with Gasteiger partial charge in [0.25, 0.3) is 0 Å². The average molecular weight is 585 g/mol. The van der Waals surface area contributed by atoms with Crippen molar-refractivity contribution in [2.75, 3.05) is 32.1 Å². The van der Waals surface area contributed by atoms with Crippen molar-refractivity contribution >= 4 is 33.5 Å². The van der Waals surface area contributed by atoms with E-state index in [9.17, 15) is 4.79 Å². The molecule has 0 aliphatic heterocycles. The Bertz CT molecular complexity index is 1230. The van der Waals surface area contributed by atoms with E-state index in [0.717, 1.165) is 21.7 Å². The number of carbonyl (C=O) groups is 1. The molecule has 0 spiro atoms. The predicted octanol–water partition coefficient (Wildman–Crippen LogP) is 2.02. The normalized spacial score (nSPS) is 10.8. The second-order valence-corrected chi connectivity index (χ2v) is 10.8. The molecule has 11 nitrogen and oxygen atoms in total. The van der Waals surface area contributed by atoms with Gasteiger partial charge in [0.15, 0.2) is 5.96 Å². The topological polar surface area (TPSA) is 189 Å². The van der Waals surface area contributed by atoms with Crippen LogP contribution >= 0.6 is 21.6 Å². The fourth-order valence-electron chi connectivity index (χ4n) is 3.48. The van der Waals surface area contributed by atoms with Gasteiger partial charge < -0.3 is 37.7 Å². The maximum Gasteiger partial charge on any atom is 0.221 e. The van der Waals surface area contributed by atoms with Gasteiger partial charge in [-0.25, -0.2) is 4.98 Å². The second kappa shape index (κ2) is 17.3. The van der Waals surface area contributed by atoms with Crippen LogP contribution in [0.1, 0.15) is 12.0 Å². The molecule has 3 rings (SSSR count). The molecule has 1 aromatic heterocycles. The molecule has 13 heteroatoms. The molecule has 0 unspecified atom stereocenters. The number of nitrogens with zero attached hydrogens (tertiary/aromatic N) is 2. The number of pyridine rings is 1. The summed E-state index contributed by atoms with van der Waals surface area (Å²) < 4.78 is 12.0. The van der Waals surface area contributed by atoms with E-state index in [2.05, 4.69) is 20.6 Å². The highest BCUT2D eigenvalue weighted by Gasteiger charge is 2.14. The van der Waals surface area contributed by atoms with Gasteiger partial charge >= 0.3 is 0 Å². The second-order valence-electron chi connectivity index (χ2n) is 8.41. The number of aromatic nitrogens is 1. The molecule has 0 aliphatic rings. The zero-order valence-corrected chi connectivity index (χ0v) is 23.8. The van der Waals surface area contributed by atoms with E-state index in [0.29, 0.717) is 56.5 Å². The summed E-state index contributed by atoms with van der Waals surface area (Å²) >= 11 is 0. The van der Waals surface area contributed by atoms with Crippen LogP contribution in [0.15, 0.2) is 76.9 Å². The first kappa shape index (κ1) is 31.0. The van der Waals surface area contributed by atoms with E-state index in [-0.39, 0.29) is 11.9 Å². The van der Waals surface area contributed by atoms with E-state index in [4.69, 9.17) is 32.4 Å². The van der Waals surface area contributed by atoms with E-state index >= 15 is 0 Å². The van der Waals surface area contributed by atoms with Crippen LogP contribution in [0.3, 0.4) is 0 Å². The lowest BCUT2D eigenvalue weighted by Crippen LogP contribution is -2.46. The Kier molecular flexibility index (Phi) is 13.4. The minimum absolute atomic E-state index is 0.0127. The van der Waals surface area contributed by atoms with E-state index < -0.39 is 6.29 Å². The lowest BCUT2D eigenvalue weighted by atomic mass is 10.0. The Balaban J connectivity index is 1.66. The third-order valence-electron chi connectivity index (χ3n) is 5.29. The molecule has 0 saturated carbocycles. The van der Waals surface area contributed by atoms with Gasteiger partial charge in [0.1, 0.15) is 36.0 Å². The average Bonchev–Trinajstić information content (AvgIpc) is 2.95. The number of ether oxygens (including phenoxy) is 2. The van der Waals surface area contributed by atoms with Gasteiger partial charge in [0.05, 0.1) is 6.54 Å². The van der Waals surface area contributed by atoms with Crippen LogP contribution in [-0.4, -0.2) is 55.2 Å². The molecule has 1 amide bonds. The number of aliphatic imine (C=N–C) groups is 1. The Hall–Kier alpha value is -3.49. The molecule has 0 aliphatic carbocycles. The van der Waals surface area contributed by atoms with E-state index in [1.165, 1.54) is 0 Å². The monoisotopic (exact) mass is 584 g/mol. The van der Waals surface area contributed by atoms with E-state index in [1.807, 2.05) is 60.7 Å². The number of nitrogens with one attached hydrogen (secondary N) is 2. The van der Waals surface area contributed by atoms with Crippen molar-refractivity contribution in [3.05, 3.63) is 72.4 Å². The molecule has 0 fully saturated rings. The van der Waals surface area contributed by atoms with Crippen molar-refractivity contribution in [3.63, 3.8) is 0 Å². The first-order valence-corrected chi connectivity index (χ1v) is 15.0. The van der Waals surface area contributed by atoms with E-state index in [1.54, 1.807) is 27.8 Å². The maximum atomic E-state index is 12.5. The Labute approximate surface area is 242 Å². The molecule has 0 radical (unpaired) electrons. The van der Waals surface area contributed by atoms with Crippen LogP contribution in [-0.2, 0) is 11.3 Å². The van der Waals surface area contributed by atoms with Crippen molar-refractivity contribution in [2.45, 2.75) is 24.3 Å². The number of rotatable bonds is 17. The number of benzene rings is 2. The Morgan fingerprint density at radius 3 is 2.52 bits per heavy atom. The van der Waals surface area contributed by atoms with Gasteiger partial charge in [-0.2, -0.15) is 0 Å². The largest absolute Gasteiger partial charge is 0.492 e. The summed E-state index contributed by atoms with van der Waals surface area (Å²) in [7, 11) is 3.16. The number of hydrogen-bond acceptors (Lipinski definition) is 10. The number of amides is 1. The molecule has 2 aromatic carbocycles. The molecule has 3 aromatic rings. The predicted molar refractivity (Wildman–Crippen MR) is 163 cm³/mol. The Morgan fingerprint density at radius 2 is 1.75 bits per heavy atom. The number of hydrogen-bond donors (Lipinski definition) is 6. The van der Waals surface area contributed by atoms with Gasteiger partial charge in [-0.1, -0.05) is 41.1 Å². The van der Waals surface area contributed by atoms with Gasteiger partial charge in [0.2, 0.25) is 5.91 Å². The molecule has 0 saturated heterocycles. The highest BCUT2D eigenvalue weighted by molar-refractivity contribution is 8.76. The van der Waals surface area contributed by atoms with Crippen molar-refractivity contribution < 1.29 is 14.3 Å². The fraction of sp³-hybridized carbons (Fsp3) is 0.296. The van der Waals surface area contributed by atoms with Crippen molar-refractivity contribution in [2.24, 2.45) is 27.9 Å². The quantitative estimate of drug-likeness (QED) is 0.0448. The highest BCUT2D eigenvalue weighted by atomic mass is 33.1. The zero-order valence-electron chi connectivity index (χ0n) is 22.1. The molecule has 10 N–H and O–H groups in total. The van der Waals surface area contributed by atoms with Crippen molar-refractivity contribution in [3.8, 4) is 22.6 Å². The fourth-order valence-corrected chi connectivity index (χ4v) is 5.35. The molecule has 214 valence electrons. The van der Waals surface area contributed by atoms with Crippen LogP contribution in [0.2, 0.25) is 0 Å². The van der Waals surface area contributed by atoms with Gasteiger partial charge in [0, 0.05) is 42.6 Å². The van der Waals surface area contributed by atoms with Crippen LogP contribution < -0.4 is 43.0 Å². The highest BCUT2D eigenvalue weighted by Crippen LogP contribution is 2.37. The third kappa shape index (κ3) is 11.3. The van der Waals surface area contributed by atoms with Crippen molar-refractivity contribution in [1.82, 2.24) is 15.6 Å². The summed E-state index contributed by atoms with van der Waals surface area (Å²) in [5.41, 5.74) is 24.5. The first-order chi connectivity index (χ1) is 19.4. The van der Waals surface area contributed by atoms with Crippen LogP contribution in [0.4, 0.5) is 0 Å². The maximum absolute atomic E-state index is 12.5.